The molecule has 1 aromatic heterocycles. The Balaban J connectivity index is 1.53. The van der Waals surface area contributed by atoms with E-state index in [0.29, 0.717) is 11.8 Å². The number of aryl methyl sites for hydroxylation is 1. The van der Waals surface area contributed by atoms with Gasteiger partial charge in [-0.15, -0.1) is 0 Å². The van der Waals surface area contributed by atoms with Gasteiger partial charge < -0.3 is 14.6 Å². The molecule has 0 saturated carbocycles. The van der Waals surface area contributed by atoms with Crippen molar-refractivity contribution in [2.24, 2.45) is 0 Å². The van der Waals surface area contributed by atoms with Crippen LogP contribution in [-0.2, 0) is 0 Å². The molecule has 1 N–H and O–H groups in total. The number of likely N-dealkylation sites (tertiary alicyclic amines) is 1. The van der Waals surface area contributed by atoms with Gasteiger partial charge in [-0.3, -0.25) is 9.69 Å². The van der Waals surface area contributed by atoms with Crippen LogP contribution in [0.3, 0.4) is 0 Å². The van der Waals surface area contributed by atoms with Gasteiger partial charge in [0.25, 0.3) is 5.91 Å². The summed E-state index contributed by atoms with van der Waals surface area (Å²) in [5.74, 6) is 1.28. The summed E-state index contributed by atoms with van der Waals surface area (Å²) in [5.41, 5.74) is 0. The molecule has 0 aliphatic carbocycles. The largest absolute Gasteiger partial charge is 0.456 e. The van der Waals surface area contributed by atoms with E-state index in [9.17, 15) is 4.79 Å². The van der Waals surface area contributed by atoms with Crippen molar-refractivity contribution in [2.75, 3.05) is 39.3 Å². The number of nitrogens with zero attached hydrogens (tertiary/aromatic N) is 2. The fourth-order valence-electron chi connectivity index (χ4n) is 2.60. The SMILES string of the molecule is Cc1ccc(C(=O)N2CC(N3CCNCC3)C2)o1. The first-order valence-corrected chi connectivity index (χ1v) is 6.54. The quantitative estimate of drug-likeness (QED) is 0.820. The zero-order valence-electron chi connectivity index (χ0n) is 10.7. The normalized spacial score (nSPS) is 21.9. The lowest BCUT2D eigenvalue weighted by Crippen LogP contribution is -2.63. The molecule has 1 aromatic rings. The highest BCUT2D eigenvalue weighted by molar-refractivity contribution is 5.92. The highest BCUT2D eigenvalue weighted by Crippen LogP contribution is 2.19. The molecule has 2 saturated heterocycles. The van der Waals surface area contributed by atoms with Crippen LogP contribution < -0.4 is 5.32 Å². The molecule has 0 bridgehead atoms. The lowest BCUT2D eigenvalue weighted by molar-refractivity contribution is 0.0203. The number of furan rings is 1. The van der Waals surface area contributed by atoms with Crippen molar-refractivity contribution in [3.8, 4) is 0 Å². The molecule has 0 spiro atoms. The Morgan fingerprint density at radius 3 is 2.67 bits per heavy atom. The summed E-state index contributed by atoms with van der Waals surface area (Å²) in [6, 6.07) is 4.13. The standard InChI is InChI=1S/C13H19N3O2/c1-10-2-3-12(18-10)13(17)16-8-11(9-16)15-6-4-14-5-7-15/h2-3,11,14H,4-9H2,1H3. The van der Waals surface area contributed by atoms with E-state index in [1.807, 2.05) is 17.9 Å². The summed E-state index contributed by atoms with van der Waals surface area (Å²) in [7, 11) is 0. The van der Waals surface area contributed by atoms with Gasteiger partial charge in [-0.2, -0.15) is 0 Å². The highest BCUT2D eigenvalue weighted by atomic mass is 16.3. The van der Waals surface area contributed by atoms with Gasteiger partial charge in [-0.1, -0.05) is 0 Å². The second kappa shape index (κ2) is 4.74. The number of amides is 1. The lowest BCUT2D eigenvalue weighted by Gasteiger charge is -2.46. The number of hydrogen-bond donors (Lipinski definition) is 1. The third-order valence-corrected chi connectivity index (χ3v) is 3.77. The van der Waals surface area contributed by atoms with Crippen LogP contribution in [0, 0.1) is 6.92 Å². The molecular formula is C13H19N3O2. The van der Waals surface area contributed by atoms with Gasteiger partial charge in [0, 0.05) is 45.3 Å². The van der Waals surface area contributed by atoms with Crippen molar-refractivity contribution in [3.05, 3.63) is 23.7 Å². The maximum absolute atomic E-state index is 12.1. The first kappa shape index (κ1) is 11.7. The molecule has 3 rings (SSSR count). The van der Waals surface area contributed by atoms with E-state index in [1.165, 1.54) is 0 Å². The Kier molecular flexibility index (Phi) is 3.09. The summed E-state index contributed by atoms with van der Waals surface area (Å²) >= 11 is 0. The van der Waals surface area contributed by atoms with Gasteiger partial charge >= 0.3 is 0 Å². The van der Waals surface area contributed by atoms with Gasteiger partial charge in [0.05, 0.1) is 0 Å². The van der Waals surface area contributed by atoms with Crippen molar-refractivity contribution in [2.45, 2.75) is 13.0 Å². The molecule has 0 atom stereocenters. The molecule has 0 aromatic carbocycles. The van der Waals surface area contributed by atoms with Crippen molar-refractivity contribution in [1.82, 2.24) is 15.1 Å². The molecule has 0 radical (unpaired) electrons. The van der Waals surface area contributed by atoms with Gasteiger partial charge in [0.2, 0.25) is 0 Å². The Bertz CT molecular complexity index is 431. The zero-order valence-corrected chi connectivity index (χ0v) is 10.7. The van der Waals surface area contributed by atoms with Gasteiger partial charge in [-0.25, -0.2) is 0 Å². The Hall–Kier alpha value is -1.33. The molecule has 1 amide bonds. The molecule has 2 aliphatic rings. The topological polar surface area (TPSA) is 48.7 Å². The van der Waals surface area contributed by atoms with Crippen LogP contribution >= 0.6 is 0 Å². The van der Waals surface area contributed by atoms with E-state index >= 15 is 0 Å². The van der Waals surface area contributed by atoms with Crippen LogP contribution in [-0.4, -0.2) is 61.0 Å². The Morgan fingerprint density at radius 1 is 1.33 bits per heavy atom. The molecule has 18 heavy (non-hydrogen) atoms. The summed E-state index contributed by atoms with van der Waals surface area (Å²) in [6.45, 7) is 7.82. The average Bonchev–Trinajstić information content (AvgIpc) is 2.75. The fourth-order valence-corrected chi connectivity index (χ4v) is 2.60. The molecule has 3 heterocycles. The van der Waals surface area contributed by atoms with Crippen LogP contribution in [0.25, 0.3) is 0 Å². The number of carbonyl (C=O) groups excluding carboxylic acids is 1. The minimum Gasteiger partial charge on any atom is -0.456 e. The van der Waals surface area contributed by atoms with Crippen molar-refractivity contribution in [1.29, 1.82) is 0 Å². The average molecular weight is 249 g/mol. The van der Waals surface area contributed by atoms with E-state index in [4.69, 9.17) is 4.42 Å². The van der Waals surface area contributed by atoms with Gasteiger partial charge in [0.1, 0.15) is 5.76 Å². The Morgan fingerprint density at radius 2 is 2.06 bits per heavy atom. The van der Waals surface area contributed by atoms with Gasteiger partial charge in [0.15, 0.2) is 5.76 Å². The maximum atomic E-state index is 12.1. The monoisotopic (exact) mass is 249 g/mol. The van der Waals surface area contributed by atoms with Crippen LogP contribution in [0.4, 0.5) is 0 Å². The minimum atomic E-state index is 0.0227. The summed E-state index contributed by atoms with van der Waals surface area (Å²) in [6.07, 6.45) is 0. The predicted molar refractivity (Wildman–Crippen MR) is 67.6 cm³/mol. The van der Waals surface area contributed by atoms with E-state index in [2.05, 4.69) is 10.2 Å². The summed E-state index contributed by atoms with van der Waals surface area (Å²) < 4.78 is 5.37. The van der Waals surface area contributed by atoms with Crippen molar-refractivity contribution < 1.29 is 9.21 Å². The Labute approximate surface area is 107 Å². The van der Waals surface area contributed by atoms with E-state index in [-0.39, 0.29) is 5.91 Å². The third-order valence-electron chi connectivity index (χ3n) is 3.77. The molecule has 2 fully saturated rings. The fraction of sp³-hybridized carbons (Fsp3) is 0.615. The first-order chi connectivity index (χ1) is 8.74. The van der Waals surface area contributed by atoms with Crippen LogP contribution in [0.15, 0.2) is 16.5 Å². The highest BCUT2D eigenvalue weighted by Gasteiger charge is 2.36. The second-order valence-electron chi connectivity index (χ2n) is 5.06. The van der Waals surface area contributed by atoms with Crippen LogP contribution in [0.2, 0.25) is 0 Å². The number of piperazine rings is 1. The molecule has 0 unspecified atom stereocenters. The van der Waals surface area contributed by atoms with Crippen molar-refractivity contribution >= 4 is 5.91 Å². The van der Waals surface area contributed by atoms with E-state index in [1.54, 1.807) is 6.07 Å². The summed E-state index contributed by atoms with van der Waals surface area (Å²) in [5, 5.41) is 3.34. The number of rotatable bonds is 2. The lowest BCUT2D eigenvalue weighted by atomic mass is 10.1. The minimum absolute atomic E-state index is 0.0227. The van der Waals surface area contributed by atoms with Crippen molar-refractivity contribution in [3.63, 3.8) is 0 Å². The predicted octanol–water partition coefficient (Wildman–Crippen LogP) is 0.318. The maximum Gasteiger partial charge on any atom is 0.289 e. The smallest absolute Gasteiger partial charge is 0.289 e. The molecule has 98 valence electrons. The summed E-state index contributed by atoms with van der Waals surface area (Å²) in [4.78, 5) is 16.4. The third kappa shape index (κ3) is 2.15. The first-order valence-electron chi connectivity index (χ1n) is 6.54. The number of carbonyl (C=O) groups is 1. The van der Waals surface area contributed by atoms with E-state index in [0.717, 1.165) is 45.0 Å². The molecule has 5 nitrogen and oxygen atoms in total. The molecule has 2 aliphatic heterocycles. The molecule has 5 heteroatoms. The second-order valence-corrected chi connectivity index (χ2v) is 5.06. The van der Waals surface area contributed by atoms with Gasteiger partial charge in [-0.05, 0) is 19.1 Å². The number of nitrogens with one attached hydrogen (secondary N) is 1. The van der Waals surface area contributed by atoms with Crippen LogP contribution in [0.1, 0.15) is 16.3 Å². The van der Waals surface area contributed by atoms with E-state index < -0.39 is 0 Å². The molecular weight excluding hydrogens is 230 g/mol. The number of hydrogen-bond acceptors (Lipinski definition) is 4. The van der Waals surface area contributed by atoms with Crippen LogP contribution in [0.5, 0.6) is 0 Å². The zero-order chi connectivity index (χ0) is 12.5.